The fourth-order valence-corrected chi connectivity index (χ4v) is 2.57. The average Bonchev–Trinajstić information content (AvgIpc) is 2.45. The van der Waals surface area contributed by atoms with Crippen LogP contribution in [-0.2, 0) is 4.79 Å². The molecule has 0 bridgehead atoms. The summed E-state index contributed by atoms with van der Waals surface area (Å²) in [7, 11) is 0. The number of hydrogen-bond acceptors (Lipinski definition) is 2. The van der Waals surface area contributed by atoms with Gasteiger partial charge in [-0.15, -0.1) is 12.4 Å². The number of amides is 1. The first-order valence-corrected chi connectivity index (χ1v) is 8.11. The summed E-state index contributed by atoms with van der Waals surface area (Å²) in [6, 6.07) is 8.39. The van der Waals surface area contributed by atoms with Crippen molar-refractivity contribution >= 4 is 18.3 Å². The predicted octanol–water partition coefficient (Wildman–Crippen LogP) is 4.14. The van der Waals surface area contributed by atoms with Gasteiger partial charge in [-0.05, 0) is 43.4 Å². The molecule has 4 heteroatoms. The van der Waals surface area contributed by atoms with Crippen LogP contribution in [0.3, 0.4) is 0 Å². The maximum atomic E-state index is 12.1. The molecule has 0 fully saturated rings. The van der Waals surface area contributed by atoms with Gasteiger partial charge in [0.1, 0.15) is 0 Å². The Hall–Kier alpha value is -1.06. The van der Waals surface area contributed by atoms with E-state index in [1.807, 2.05) is 12.1 Å². The molecule has 0 aliphatic rings. The predicted molar refractivity (Wildman–Crippen MR) is 96.3 cm³/mol. The molecule has 1 atom stereocenters. The number of carbonyl (C=O) groups excluding carboxylic acids is 1. The first-order valence-electron chi connectivity index (χ1n) is 8.11. The molecule has 3 N–H and O–H groups in total. The lowest BCUT2D eigenvalue weighted by Crippen LogP contribution is -2.32. The van der Waals surface area contributed by atoms with Crippen LogP contribution in [0.5, 0.6) is 0 Å². The van der Waals surface area contributed by atoms with E-state index in [0.29, 0.717) is 12.3 Å². The van der Waals surface area contributed by atoms with Gasteiger partial charge >= 0.3 is 0 Å². The zero-order valence-electron chi connectivity index (χ0n) is 14.1. The number of halogens is 1. The van der Waals surface area contributed by atoms with Crippen molar-refractivity contribution in [1.82, 2.24) is 5.32 Å². The van der Waals surface area contributed by atoms with Crippen LogP contribution in [0.4, 0.5) is 0 Å². The highest BCUT2D eigenvalue weighted by Crippen LogP contribution is 2.24. The van der Waals surface area contributed by atoms with Crippen LogP contribution in [0.15, 0.2) is 24.3 Å². The van der Waals surface area contributed by atoms with E-state index in [1.54, 1.807) is 0 Å². The molecule has 1 rings (SSSR count). The monoisotopic (exact) mass is 326 g/mol. The number of nitrogens with two attached hydrogens (primary N) is 1. The van der Waals surface area contributed by atoms with Crippen LogP contribution in [0.2, 0.25) is 0 Å². The molecule has 22 heavy (non-hydrogen) atoms. The van der Waals surface area contributed by atoms with Gasteiger partial charge in [0, 0.05) is 6.42 Å². The Bertz CT molecular complexity index is 435. The van der Waals surface area contributed by atoms with Crippen molar-refractivity contribution in [3.63, 3.8) is 0 Å². The third-order valence-corrected chi connectivity index (χ3v) is 3.86. The fraction of sp³-hybridized carbons (Fsp3) is 0.611. The van der Waals surface area contributed by atoms with E-state index >= 15 is 0 Å². The molecule has 0 saturated heterocycles. The number of unbranched alkanes of at least 4 members (excludes halogenated alkanes) is 3. The van der Waals surface area contributed by atoms with Gasteiger partial charge < -0.3 is 11.1 Å². The summed E-state index contributed by atoms with van der Waals surface area (Å²) in [5.41, 5.74) is 7.93. The van der Waals surface area contributed by atoms with Gasteiger partial charge in [0.25, 0.3) is 0 Å². The third kappa shape index (κ3) is 7.28. The van der Waals surface area contributed by atoms with E-state index in [9.17, 15) is 4.79 Å². The molecular weight excluding hydrogens is 296 g/mol. The lowest BCUT2D eigenvalue weighted by Gasteiger charge is -2.24. The normalized spacial score (nSPS) is 11.9. The molecule has 0 aliphatic carbocycles. The number of rotatable bonds is 9. The average molecular weight is 327 g/mol. The summed E-state index contributed by atoms with van der Waals surface area (Å²) in [6.45, 7) is 7.15. The van der Waals surface area contributed by atoms with Gasteiger partial charge in [0.2, 0.25) is 5.91 Å². The van der Waals surface area contributed by atoms with Crippen molar-refractivity contribution in [3.8, 4) is 0 Å². The zero-order chi connectivity index (χ0) is 15.7. The molecule has 1 amide bonds. The number of nitrogens with one attached hydrogen (secondary N) is 1. The minimum Gasteiger partial charge on any atom is -0.349 e. The second kappa shape index (κ2) is 11.5. The smallest absolute Gasteiger partial charge is 0.220 e. The van der Waals surface area contributed by atoms with Crippen molar-refractivity contribution in [2.75, 3.05) is 6.54 Å². The van der Waals surface area contributed by atoms with Crippen molar-refractivity contribution in [1.29, 1.82) is 0 Å². The molecule has 126 valence electrons. The maximum Gasteiger partial charge on any atom is 0.220 e. The number of carbonyl (C=O) groups is 1. The summed E-state index contributed by atoms with van der Waals surface area (Å²) in [5, 5.41) is 3.20. The molecule has 1 aromatic rings. The van der Waals surface area contributed by atoms with Gasteiger partial charge in [-0.3, -0.25) is 4.79 Å². The van der Waals surface area contributed by atoms with Crippen LogP contribution in [0, 0.1) is 12.8 Å². The van der Waals surface area contributed by atoms with E-state index in [0.717, 1.165) is 32.2 Å². The molecule has 1 aromatic carbocycles. The highest BCUT2D eigenvalue weighted by atomic mass is 35.5. The Morgan fingerprint density at radius 3 is 2.36 bits per heavy atom. The minimum atomic E-state index is 0. The van der Waals surface area contributed by atoms with Gasteiger partial charge in [-0.25, -0.2) is 0 Å². The standard InChI is InChI=1S/C18H30N2O.ClH/c1-14(2)18(16-11-8-7-10-15(16)3)20-17(21)12-6-4-5-9-13-19;/h7-8,10-11,14,18H,4-6,9,12-13,19H2,1-3H3,(H,20,21);1H. The number of hydrogen-bond donors (Lipinski definition) is 2. The molecule has 0 aliphatic heterocycles. The Kier molecular flexibility index (Phi) is 10.9. The third-order valence-electron chi connectivity index (χ3n) is 3.86. The summed E-state index contributed by atoms with van der Waals surface area (Å²) < 4.78 is 0. The minimum absolute atomic E-state index is 0. The molecule has 3 nitrogen and oxygen atoms in total. The molecule has 0 aromatic heterocycles. The van der Waals surface area contributed by atoms with E-state index in [1.165, 1.54) is 11.1 Å². The largest absolute Gasteiger partial charge is 0.349 e. The fourth-order valence-electron chi connectivity index (χ4n) is 2.57. The highest BCUT2D eigenvalue weighted by molar-refractivity contribution is 5.85. The SMILES string of the molecule is Cc1ccccc1C(NC(=O)CCCCCCN)C(C)C.Cl. The Labute approximate surface area is 141 Å². The summed E-state index contributed by atoms with van der Waals surface area (Å²) in [5.74, 6) is 0.539. The van der Waals surface area contributed by atoms with Gasteiger partial charge in [0.05, 0.1) is 6.04 Å². The molecule has 0 saturated carbocycles. The van der Waals surface area contributed by atoms with Gasteiger partial charge in [-0.2, -0.15) is 0 Å². The summed E-state index contributed by atoms with van der Waals surface area (Å²) in [6.07, 6.45) is 4.82. The lowest BCUT2D eigenvalue weighted by molar-refractivity contribution is -0.122. The summed E-state index contributed by atoms with van der Waals surface area (Å²) >= 11 is 0. The van der Waals surface area contributed by atoms with E-state index in [2.05, 4.69) is 38.2 Å². The first kappa shape index (κ1) is 20.9. The second-order valence-electron chi connectivity index (χ2n) is 6.10. The summed E-state index contributed by atoms with van der Waals surface area (Å²) in [4.78, 5) is 12.1. The molecule has 0 spiro atoms. The molecular formula is C18H31ClN2O. The van der Waals surface area contributed by atoms with Crippen molar-refractivity contribution < 1.29 is 4.79 Å². The zero-order valence-corrected chi connectivity index (χ0v) is 14.9. The second-order valence-corrected chi connectivity index (χ2v) is 6.10. The first-order chi connectivity index (χ1) is 10.1. The maximum absolute atomic E-state index is 12.1. The Morgan fingerprint density at radius 2 is 1.77 bits per heavy atom. The molecule has 0 radical (unpaired) electrons. The van der Waals surface area contributed by atoms with Gasteiger partial charge in [0.15, 0.2) is 0 Å². The van der Waals surface area contributed by atoms with Crippen LogP contribution < -0.4 is 11.1 Å². The lowest BCUT2D eigenvalue weighted by atomic mass is 9.92. The highest BCUT2D eigenvalue weighted by Gasteiger charge is 2.19. The molecule has 1 unspecified atom stereocenters. The van der Waals surface area contributed by atoms with Crippen LogP contribution in [-0.4, -0.2) is 12.5 Å². The van der Waals surface area contributed by atoms with Crippen molar-refractivity contribution in [2.24, 2.45) is 11.7 Å². The van der Waals surface area contributed by atoms with Crippen LogP contribution >= 0.6 is 12.4 Å². The van der Waals surface area contributed by atoms with E-state index < -0.39 is 0 Å². The quantitative estimate of drug-likeness (QED) is 0.670. The van der Waals surface area contributed by atoms with Crippen LogP contribution in [0.1, 0.15) is 63.1 Å². The van der Waals surface area contributed by atoms with E-state index in [-0.39, 0.29) is 24.4 Å². The van der Waals surface area contributed by atoms with Crippen molar-refractivity contribution in [3.05, 3.63) is 35.4 Å². The number of aryl methyl sites for hydroxylation is 1. The van der Waals surface area contributed by atoms with Crippen LogP contribution in [0.25, 0.3) is 0 Å². The van der Waals surface area contributed by atoms with Crippen molar-refractivity contribution in [2.45, 2.75) is 58.9 Å². The van der Waals surface area contributed by atoms with Gasteiger partial charge in [-0.1, -0.05) is 51.0 Å². The number of benzene rings is 1. The Balaban J connectivity index is 0.00000441. The topological polar surface area (TPSA) is 55.1 Å². The molecule has 0 heterocycles. The Morgan fingerprint density at radius 1 is 1.14 bits per heavy atom. The van der Waals surface area contributed by atoms with E-state index in [4.69, 9.17) is 5.73 Å².